The first-order valence-electron chi connectivity index (χ1n) is 9.27. The van der Waals surface area contributed by atoms with Crippen molar-refractivity contribution >= 4 is 28.8 Å². The van der Waals surface area contributed by atoms with Crippen molar-refractivity contribution in [2.75, 3.05) is 11.9 Å². The van der Waals surface area contributed by atoms with E-state index in [1.807, 2.05) is 0 Å². The zero-order chi connectivity index (χ0) is 23.1. The van der Waals surface area contributed by atoms with Crippen LogP contribution in [0.3, 0.4) is 0 Å². The number of hydrogen-bond donors (Lipinski definition) is 3. The zero-order valence-corrected chi connectivity index (χ0v) is 16.6. The summed E-state index contributed by atoms with van der Waals surface area (Å²) < 4.78 is 5.42. The van der Waals surface area contributed by atoms with Gasteiger partial charge >= 0.3 is 0 Å². The van der Waals surface area contributed by atoms with E-state index in [0.29, 0.717) is 17.0 Å². The van der Waals surface area contributed by atoms with E-state index in [1.165, 1.54) is 48.5 Å². The molecule has 4 N–H and O–H groups in total. The number of para-hydroxylation sites is 1. The molecule has 0 spiro atoms. The highest BCUT2D eigenvalue weighted by Crippen LogP contribution is 2.20. The number of phenolic OH excluding ortho intramolecular Hbond substituents is 1. The zero-order valence-electron chi connectivity index (χ0n) is 16.6. The van der Waals surface area contributed by atoms with E-state index >= 15 is 0 Å². The molecule has 32 heavy (non-hydrogen) atoms. The van der Waals surface area contributed by atoms with Crippen LogP contribution in [-0.4, -0.2) is 34.0 Å². The summed E-state index contributed by atoms with van der Waals surface area (Å²) in [4.78, 5) is 34.8. The monoisotopic (exact) mass is 434 g/mol. The third-order valence-electron chi connectivity index (χ3n) is 4.35. The average molecular weight is 434 g/mol. The molecule has 3 aromatic rings. The number of anilines is 1. The highest BCUT2D eigenvalue weighted by atomic mass is 16.6. The lowest BCUT2D eigenvalue weighted by Gasteiger charge is -2.09. The van der Waals surface area contributed by atoms with Crippen LogP contribution < -0.4 is 15.9 Å². The number of nitro benzene ring substituents is 1. The van der Waals surface area contributed by atoms with Gasteiger partial charge in [-0.2, -0.15) is 5.10 Å². The number of phenols is 1. The number of ketones is 1. The van der Waals surface area contributed by atoms with E-state index < -0.39 is 16.6 Å². The van der Waals surface area contributed by atoms with Gasteiger partial charge in [0.25, 0.3) is 11.6 Å². The van der Waals surface area contributed by atoms with Crippen LogP contribution in [0.25, 0.3) is 0 Å². The molecule has 0 bridgehead atoms. The first-order chi connectivity index (χ1) is 15.4. The molecule has 3 aromatic carbocycles. The number of nitrogens with zero attached hydrogens (tertiary/aromatic N) is 2. The number of ether oxygens (including phenoxy) is 1. The van der Waals surface area contributed by atoms with Gasteiger partial charge in [0.05, 0.1) is 10.5 Å². The predicted octanol–water partition coefficient (Wildman–Crippen LogP) is 2.86. The molecule has 3 rings (SSSR count). The quantitative estimate of drug-likeness (QED) is 0.162. The Bertz CT molecular complexity index is 1170. The molecule has 1 amide bonds. The second-order valence-corrected chi connectivity index (χ2v) is 6.49. The molecule has 0 radical (unpaired) electrons. The molecule has 10 heteroatoms. The molecule has 0 aromatic heterocycles. The molecule has 0 unspecified atom stereocenters. The highest BCUT2D eigenvalue weighted by Gasteiger charge is 2.19. The summed E-state index contributed by atoms with van der Waals surface area (Å²) in [7, 11) is 0. The summed E-state index contributed by atoms with van der Waals surface area (Å²) in [6.45, 7) is -0.301. The lowest BCUT2D eigenvalue weighted by atomic mass is 10.00. The van der Waals surface area contributed by atoms with Gasteiger partial charge in [-0.3, -0.25) is 19.7 Å². The van der Waals surface area contributed by atoms with Crippen LogP contribution in [0.15, 0.2) is 77.9 Å². The summed E-state index contributed by atoms with van der Waals surface area (Å²) in [6.07, 6.45) is 0. The molecule has 0 atom stereocenters. The lowest BCUT2D eigenvalue weighted by molar-refractivity contribution is -0.384. The molecule has 0 saturated heterocycles. The van der Waals surface area contributed by atoms with Gasteiger partial charge in [-0.25, -0.2) is 0 Å². The number of hydrogen-bond acceptors (Lipinski definition) is 8. The fourth-order valence-electron chi connectivity index (χ4n) is 2.78. The Kier molecular flexibility index (Phi) is 6.76. The van der Waals surface area contributed by atoms with Gasteiger partial charge in [-0.05, 0) is 48.5 Å². The van der Waals surface area contributed by atoms with Crippen molar-refractivity contribution in [2.45, 2.75) is 0 Å². The number of nitrogens with one attached hydrogen (secondary N) is 1. The minimum Gasteiger partial charge on any atom is -0.507 e. The number of nitro groups is 1. The third kappa shape index (κ3) is 5.25. The normalized spacial score (nSPS) is 10.9. The summed E-state index contributed by atoms with van der Waals surface area (Å²) in [5.74, 6) is 4.57. The Morgan fingerprint density at radius 3 is 2.28 bits per heavy atom. The maximum atomic E-state index is 12.6. The Morgan fingerprint density at radius 1 is 1.03 bits per heavy atom. The predicted molar refractivity (Wildman–Crippen MR) is 117 cm³/mol. The number of hydrazone groups is 1. The number of nitrogens with two attached hydrogens (primary N) is 1. The number of amides is 1. The van der Waals surface area contributed by atoms with E-state index in [9.17, 15) is 24.8 Å². The number of non-ortho nitro benzene ring substituents is 1. The SMILES string of the molecule is N/N=C(/C(=O)c1ccccc1O)c1ccc(OCC(=O)Nc2ccc([N+](=O)[O-])cc2)cc1. The molecule has 0 aliphatic heterocycles. The second-order valence-electron chi connectivity index (χ2n) is 6.49. The van der Waals surface area contributed by atoms with Crippen LogP contribution in [0.5, 0.6) is 11.5 Å². The van der Waals surface area contributed by atoms with Crippen molar-refractivity contribution in [3.63, 3.8) is 0 Å². The van der Waals surface area contributed by atoms with Crippen molar-refractivity contribution in [1.82, 2.24) is 0 Å². The van der Waals surface area contributed by atoms with Gasteiger partial charge in [-0.15, -0.1) is 0 Å². The van der Waals surface area contributed by atoms with Gasteiger partial charge in [0.1, 0.15) is 17.2 Å². The van der Waals surface area contributed by atoms with Crippen molar-refractivity contribution in [3.8, 4) is 11.5 Å². The number of aromatic hydroxyl groups is 1. The van der Waals surface area contributed by atoms with E-state index in [1.54, 1.807) is 24.3 Å². The smallest absolute Gasteiger partial charge is 0.269 e. The van der Waals surface area contributed by atoms with Gasteiger partial charge < -0.3 is 21.0 Å². The molecule has 0 aliphatic rings. The van der Waals surface area contributed by atoms with Crippen molar-refractivity contribution < 1.29 is 24.4 Å². The third-order valence-corrected chi connectivity index (χ3v) is 4.35. The molecule has 0 fully saturated rings. The number of carbonyl (C=O) groups excluding carboxylic acids is 2. The molecular weight excluding hydrogens is 416 g/mol. The number of rotatable bonds is 8. The van der Waals surface area contributed by atoms with Crippen molar-refractivity contribution in [2.24, 2.45) is 10.9 Å². The second kappa shape index (κ2) is 9.85. The van der Waals surface area contributed by atoms with Crippen LogP contribution in [0.2, 0.25) is 0 Å². The van der Waals surface area contributed by atoms with Crippen molar-refractivity contribution in [3.05, 3.63) is 94.0 Å². The van der Waals surface area contributed by atoms with Gasteiger partial charge in [0.15, 0.2) is 6.61 Å². The molecule has 162 valence electrons. The molecule has 0 aliphatic carbocycles. The fourth-order valence-corrected chi connectivity index (χ4v) is 2.78. The maximum absolute atomic E-state index is 12.6. The minimum atomic E-state index is -0.540. The minimum absolute atomic E-state index is 0.0473. The first kappa shape index (κ1) is 22.0. The average Bonchev–Trinajstić information content (AvgIpc) is 2.79. The molecule has 0 heterocycles. The molecule has 10 nitrogen and oxygen atoms in total. The maximum Gasteiger partial charge on any atom is 0.269 e. The van der Waals surface area contributed by atoms with Crippen LogP contribution in [0.1, 0.15) is 15.9 Å². The Labute approximate surface area is 182 Å². The van der Waals surface area contributed by atoms with Gasteiger partial charge in [-0.1, -0.05) is 12.1 Å². The summed E-state index contributed by atoms with van der Waals surface area (Å²) in [5, 5.41) is 26.7. The van der Waals surface area contributed by atoms with Crippen LogP contribution in [0.4, 0.5) is 11.4 Å². The molecule has 0 saturated carbocycles. The fraction of sp³-hybridized carbons (Fsp3) is 0.0455. The summed E-state index contributed by atoms with van der Waals surface area (Å²) in [5.41, 5.74) is 0.740. The van der Waals surface area contributed by atoms with E-state index in [-0.39, 0.29) is 29.3 Å². The summed E-state index contributed by atoms with van der Waals surface area (Å²) in [6, 6.07) is 17.6. The van der Waals surface area contributed by atoms with Gasteiger partial charge in [0, 0.05) is 23.4 Å². The largest absolute Gasteiger partial charge is 0.507 e. The first-order valence-corrected chi connectivity index (χ1v) is 9.27. The van der Waals surface area contributed by atoms with Crippen molar-refractivity contribution in [1.29, 1.82) is 0 Å². The van der Waals surface area contributed by atoms with Crippen LogP contribution >= 0.6 is 0 Å². The van der Waals surface area contributed by atoms with E-state index in [2.05, 4.69) is 10.4 Å². The van der Waals surface area contributed by atoms with Gasteiger partial charge in [0.2, 0.25) is 5.78 Å². The lowest BCUT2D eigenvalue weighted by Crippen LogP contribution is -2.20. The standard InChI is InChI=1S/C22H18N4O6/c23-25-21(22(29)18-3-1-2-4-19(18)27)14-5-11-17(12-6-14)32-13-20(28)24-15-7-9-16(10-8-15)26(30)31/h1-12,27H,13,23H2,(H,24,28)/b25-21+. The highest BCUT2D eigenvalue weighted by molar-refractivity contribution is 6.51. The number of benzene rings is 3. The number of carbonyl (C=O) groups is 2. The van der Waals surface area contributed by atoms with Crippen LogP contribution in [-0.2, 0) is 4.79 Å². The Balaban J connectivity index is 1.60. The summed E-state index contributed by atoms with van der Waals surface area (Å²) >= 11 is 0. The topological polar surface area (TPSA) is 157 Å². The van der Waals surface area contributed by atoms with E-state index in [0.717, 1.165) is 0 Å². The molecular formula is C22H18N4O6. The number of Topliss-reactive ketones (excluding diaryl/α,β-unsaturated/α-hetero) is 1. The van der Waals surface area contributed by atoms with E-state index in [4.69, 9.17) is 10.6 Å². The Morgan fingerprint density at radius 2 is 1.69 bits per heavy atom. The Hall–Kier alpha value is -4.73. The van der Waals surface area contributed by atoms with Crippen LogP contribution in [0, 0.1) is 10.1 Å².